The van der Waals surface area contributed by atoms with E-state index in [4.69, 9.17) is 0 Å². The van der Waals surface area contributed by atoms with Crippen LogP contribution in [-0.2, 0) is 0 Å². The Hall–Kier alpha value is -3.03. The van der Waals surface area contributed by atoms with Crippen molar-refractivity contribution in [2.45, 2.75) is 6.92 Å². The molecule has 1 N–H and O–H groups in total. The van der Waals surface area contributed by atoms with E-state index in [2.05, 4.69) is 49.3 Å². The van der Waals surface area contributed by atoms with Gasteiger partial charge in [-0.15, -0.1) is 10.2 Å². The van der Waals surface area contributed by atoms with Gasteiger partial charge in [0, 0.05) is 37.9 Å². The Labute approximate surface area is 190 Å². The maximum absolute atomic E-state index is 4.38. The van der Waals surface area contributed by atoms with Crippen LogP contribution in [0.2, 0.25) is 0 Å². The molecule has 0 unspecified atom stereocenters. The van der Waals surface area contributed by atoms with Crippen molar-refractivity contribution >= 4 is 17.2 Å². The fourth-order valence-electron chi connectivity index (χ4n) is 4.84. The second-order valence-electron chi connectivity index (χ2n) is 8.88. The number of aromatic amines is 1. The number of likely N-dealkylation sites (N-methyl/N-ethyl adjacent to an activating group) is 1. The van der Waals surface area contributed by atoms with Crippen molar-refractivity contribution < 1.29 is 4.48 Å². The highest BCUT2D eigenvalue weighted by molar-refractivity contribution is 5.61. The number of hydrogen-bond acceptors (Lipinski definition) is 5. The first kappa shape index (κ1) is 20.8. The van der Waals surface area contributed by atoms with Crippen LogP contribution in [0, 0.1) is 0 Å². The molecule has 3 saturated heterocycles. The van der Waals surface area contributed by atoms with Gasteiger partial charge in [-0.2, -0.15) is 5.10 Å². The Morgan fingerprint density at radius 1 is 0.969 bits per heavy atom. The highest BCUT2D eigenvalue weighted by Gasteiger charge is 2.38. The Morgan fingerprint density at radius 3 is 2.38 bits per heavy atom. The zero-order valence-corrected chi connectivity index (χ0v) is 18.8. The van der Waals surface area contributed by atoms with Gasteiger partial charge in [-0.05, 0) is 36.8 Å². The summed E-state index contributed by atoms with van der Waals surface area (Å²) in [5.74, 6) is 0.582. The summed E-state index contributed by atoms with van der Waals surface area (Å²) in [4.78, 5) is 5.09. The summed E-state index contributed by atoms with van der Waals surface area (Å²) in [6, 6.07) is 20.4. The van der Waals surface area contributed by atoms with Crippen LogP contribution in [0.4, 0.5) is 17.2 Å². The number of hydrogen-bond donors (Lipinski definition) is 1. The minimum atomic E-state index is 0.582. The van der Waals surface area contributed by atoms with Crippen molar-refractivity contribution in [1.82, 2.24) is 15.1 Å². The van der Waals surface area contributed by atoms with Gasteiger partial charge in [0.1, 0.15) is 0 Å². The van der Waals surface area contributed by atoms with E-state index < -0.39 is 0 Å². The van der Waals surface area contributed by atoms with Crippen molar-refractivity contribution in [2.75, 3.05) is 63.8 Å². The second-order valence-corrected chi connectivity index (χ2v) is 8.88. The van der Waals surface area contributed by atoms with Gasteiger partial charge in [-0.1, -0.05) is 30.3 Å². The topological polar surface area (TPSA) is 59.9 Å². The first-order valence-electron chi connectivity index (χ1n) is 11.7. The van der Waals surface area contributed by atoms with E-state index >= 15 is 0 Å². The average molecular weight is 431 g/mol. The normalized spacial score (nSPS) is 22.5. The summed E-state index contributed by atoms with van der Waals surface area (Å²) in [5, 5.41) is 16.0. The fourth-order valence-corrected chi connectivity index (χ4v) is 4.84. The molecule has 6 rings (SSSR count). The second kappa shape index (κ2) is 9.22. The molecular weight excluding hydrogens is 398 g/mol. The molecule has 3 aromatic rings. The third-order valence-electron chi connectivity index (χ3n) is 7.03. The lowest BCUT2D eigenvalue weighted by atomic mass is 10.1. The van der Waals surface area contributed by atoms with Gasteiger partial charge in [0.2, 0.25) is 0 Å². The minimum absolute atomic E-state index is 0.582. The predicted octanol–water partition coefficient (Wildman–Crippen LogP) is 4.46. The van der Waals surface area contributed by atoms with Crippen LogP contribution in [-0.4, -0.2) is 78.5 Å². The van der Waals surface area contributed by atoms with E-state index in [0.717, 1.165) is 30.0 Å². The molecule has 7 heteroatoms. The lowest BCUT2D eigenvalue weighted by Gasteiger charge is -2.51. The lowest BCUT2D eigenvalue weighted by molar-refractivity contribution is -0.939. The predicted molar refractivity (Wildman–Crippen MR) is 129 cm³/mol. The Balaban J connectivity index is 1.20. The monoisotopic (exact) mass is 430 g/mol. The van der Waals surface area contributed by atoms with Gasteiger partial charge in [0.05, 0.1) is 44.1 Å². The Bertz CT molecular complexity index is 1020. The van der Waals surface area contributed by atoms with Crippen LogP contribution in [0.25, 0.3) is 11.3 Å². The van der Waals surface area contributed by atoms with Gasteiger partial charge in [-0.3, -0.25) is 10.00 Å². The minimum Gasteiger partial charge on any atom is -0.366 e. The van der Waals surface area contributed by atoms with Crippen LogP contribution in [0.15, 0.2) is 70.9 Å². The zero-order chi connectivity index (χ0) is 21.8. The molecule has 2 bridgehead atoms. The molecule has 3 aliphatic rings. The number of nitrogens with zero attached hydrogens (tertiary/aromatic N) is 6. The number of nitrogens with one attached hydrogen (secondary N) is 1. The van der Waals surface area contributed by atoms with Crippen LogP contribution in [0.3, 0.4) is 0 Å². The number of quaternary nitrogens is 1. The molecule has 0 spiro atoms. The van der Waals surface area contributed by atoms with Gasteiger partial charge < -0.3 is 9.38 Å². The molecule has 0 amide bonds. The van der Waals surface area contributed by atoms with Crippen molar-refractivity contribution in [3.05, 3.63) is 60.7 Å². The number of piperazine rings is 3. The van der Waals surface area contributed by atoms with E-state index in [-0.39, 0.29) is 0 Å². The summed E-state index contributed by atoms with van der Waals surface area (Å²) < 4.78 is 1.30. The van der Waals surface area contributed by atoms with Crippen molar-refractivity contribution in [2.24, 2.45) is 10.2 Å². The van der Waals surface area contributed by atoms with Gasteiger partial charge in [0.15, 0.2) is 5.82 Å². The van der Waals surface area contributed by atoms with Crippen molar-refractivity contribution in [3.8, 4) is 11.3 Å². The quantitative estimate of drug-likeness (QED) is 0.424. The Kier molecular flexibility index (Phi) is 6.01. The number of anilines is 1. The fraction of sp³-hybridized carbons (Fsp3) is 0.400. The molecule has 0 saturated carbocycles. The SMILES string of the molecule is CCN(CC[N+]12CCN(CC1)CC2)c1ccc(N=Nc2cc(-c3ccccc3)[nH]n2)cc1. The molecule has 3 aliphatic heterocycles. The lowest BCUT2D eigenvalue weighted by Crippen LogP contribution is -2.68. The first-order valence-corrected chi connectivity index (χ1v) is 11.7. The van der Waals surface area contributed by atoms with Crippen LogP contribution in [0.1, 0.15) is 6.92 Å². The molecule has 3 fully saturated rings. The molecule has 0 radical (unpaired) electrons. The third-order valence-corrected chi connectivity index (χ3v) is 7.03. The molecule has 0 atom stereocenters. The molecule has 32 heavy (non-hydrogen) atoms. The maximum atomic E-state index is 4.38. The van der Waals surface area contributed by atoms with E-state index in [1.165, 1.54) is 56.0 Å². The third kappa shape index (κ3) is 4.59. The number of H-pyrrole nitrogens is 1. The highest BCUT2D eigenvalue weighted by atomic mass is 15.5. The average Bonchev–Trinajstić information content (AvgIpc) is 3.35. The standard InChI is InChI=1S/C25H32N7/c1-2-31(15-19-32-16-12-30(13-17-32)14-18-32)23-10-8-22(9-11-23)26-28-25-20-24(27-29-25)21-6-4-3-5-7-21/h3-11,20H,2,12-19H2,1H3,(H,27,29)/q+1. The molecular formula is C25H32N7+. The van der Waals surface area contributed by atoms with Crippen LogP contribution >= 0.6 is 0 Å². The van der Waals surface area contributed by atoms with Gasteiger partial charge >= 0.3 is 0 Å². The van der Waals surface area contributed by atoms with Crippen molar-refractivity contribution in [3.63, 3.8) is 0 Å². The molecule has 166 valence electrons. The van der Waals surface area contributed by atoms with E-state index in [9.17, 15) is 0 Å². The molecule has 4 heterocycles. The molecule has 0 aliphatic carbocycles. The summed E-state index contributed by atoms with van der Waals surface area (Å²) in [6.45, 7) is 13.4. The van der Waals surface area contributed by atoms with E-state index in [0.29, 0.717) is 5.82 Å². The summed E-state index contributed by atoms with van der Waals surface area (Å²) in [7, 11) is 0. The number of benzene rings is 2. The molecule has 2 aromatic carbocycles. The van der Waals surface area contributed by atoms with Gasteiger partial charge in [-0.25, -0.2) is 0 Å². The smallest absolute Gasteiger partial charge is 0.196 e. The van der Waals surface area contributed by atoms with Crippen LogP contribution in [0.5, 0.6) is 0 Å². The largest absolute Gasteiger partial charge is 0.366 e. The summed E-state index contributed by atoms with van der Waals surface area (Å²) in [6.07, 6.45) is 0. The number of fused-ring (bicyclic) bond motifs is 3. The van der Waals surface area contributed by atoms with Crippen LogP contribution < -0.4 is 4.90 Å². The number of azo groups is 1. The maximum Gasteiger partial charge on any atom is 0.196 e. The van der Waals surface area contributed by atoms with E-state index in [1.54, 1.807) is 0 Å². The Morgan fingerprint density at radius 2 is 1.69 bits per heavy atom. The molecule has 7 nitrogen and oxygen atoms in total. The summed E-state index contributed by atoms with van der Waals surface area (Å²) >= 11 is 0. The van der Waals surface area contributed by atoms with E-state index in [1.807, 2.05) is 48.5 Å². The number of aromatic nitrogens is 2. The van der Waals surface area contributed by atoms with Gasteiger partial charge in [0.25, 0.3) is 0 Å². The number of rotatable bonds is 8. The van der Waals surface area contributed by atoms with Crippen molar-refractivity contribution in [1.29, 1.82) is 0 Å². The first-order chi connectivity index (χ1) is 15.7. The highest BCUT2D eigenvalue weighted by Crippen LogP contribution is 2.25. The zero-order valence-electron chi connectivity index (χ0n) is 18.8. The summed E-state index contributed by atoms with van der Waals surface area (Å²) in [5.41, 5.74) is 4.12. The molecule has 1 aromatic heterocycles.